The lowest BCUT2D eigenvalue weighted by atomic mass is 9.94. The van der Waals surface area contributed by atoms with Crippen molar-refractivity contribution < 1.29 is 14.3 Å². The molecule has 2 atom stereocenters. The maximum absolute atomic E-state index is 12.6. The van der Waals surface area contributed by atoms with Gasteiger partial charge in [-0.05, 0) is 25.7 Å². The van der Waals surface area contributed by atoms with Crippen LogP contribution in [0.1, 0.15) is 44.9 Å². The minimum absolute atomic E-state index is 0. The SMILES string of the molecule is CN(C(=O)CN1CCN(C(=O)[C@@H]2CC[C@H](CN)O2)CC1)C1CCCCC1.Cl.Cl. The van der Waals surface area contributed by atoms with Gasteiger partial charge in [0.25, 0.3) is 5.91 Å². The van der Waals surface area contributed by atoms with Gasteiger partial charge in [-0.3, -0.25) is 14.5 Å². The van der Waals surface area contributed by atoms with Crippen LogP contribution in [0.5, 0.6) is 0 Å². The fraction of sp³-hybridized carbons (Fsp3) is 0.895. The summed E-state index contributed by atoms with van der Waals surface area (Å²) in [6.45, 7) is 3.79. The van der Waals surface area contributed by atoms with Crippen LogP contribution in [-0.2, 0) is 14.3 Å². The summed E-state index contributed by atoms with van der Waals surface area (Å²) in [5.74, 6) is 0.299. The topological polar surface area (TPSA) is 79.1 Å². The van der Waals surface area contributed by atoms with Gasteiger partial charge in [0.1, 0.15) is 6.10 Å². The third kappa shape index (κ3) is 6.46. The van der Waals surface area contributed by atoms with E-state index in [0.717, 1.165) is 38.8 Å². The molecule has 1 aliphatic carbocycles. The molecule has 1 saturated carbocycles. The Morgan fingerprint density at radius 1 is 1.00 bits per heavy atom. The van der Waals surface area contributed by atoms with Crippen LogP contribution in [0.3, 0.4) is 0 Å². The van der Waals surface area contributed by atoms with E-state index in [1.54, 1.807) is 0 Å². The lowest BCUT2D eigenvalue weighted by Gasteiger charge is -2.37. The maximum atomic E-state index is 12.6. The van der Waals surface area contributed by atoms with Crippen molar-refractivity contribution in [1.82, 2.24) is 14.7 Å². The molecule has 0 bridgehead atoms. The number of hydrogen-bond acceptors (Lipinski definition) is 5. The van der Waals surface area contributed by atoms with E-state index in [4.69, 9.17) is 10.5 Å². The molecule has 0 aromatic carbocycles. The second-order valence-corrected chi connectivity index (χ2v) is 7.96. The van der Waals surface area contributed by atoms with E-state index in [9.17, 15) is 9.59 Å². The van der Waals surface area contributed by atoms with Gasteiger partial charge in [0.2, 0.25) is 5.91 Å². The summed E-state index contributed by atoms with van der Waals surface area (Å²) in [5.41, 5.74) is 5.62. The summed E-state index contributed by atoms with van der Waals surface area (Å²) >= 11 is 0. The molecule has 2 amide bonds. The van der Waals surface area contributed by atoms with E-state index < -0.39 is 0 Å². The standard InChI is InChI=1S/C19H34N4O3.2ClH/c1-21(15-5-3-2-4-6-15)18(24)14-22-9-11-23(12-10-22)19(25)17-8-7-16(13-20)26-17;;/h15-17H,2-14,20H2,1H3;2*1H/t16-,17+;;/m1../s1. The second kappa shape index (κ2) is 12.2. The maximum Gasteiger partial charge on any atom is 0.251 e. The number of hydrogen-bond donors (Lipinski definition) is 1. The molecular formula is C19H36Cl2N4O3. The van der Waals surface area contributed by atoms with Gasteiger partial charge in [-0.2, -0.15) is 0 Å². The van der Waals surface area contributed by atoms with Crippen molar-refractivity contribution in [1.29, 1.82) is 0 Å². The zero-order valence-corrected chi connectivity index (χ0v) is 18.5. The lowest BCUT2D eigenvalue weighted by Crippen LogP contribution is -2.54. The van der Waals surface area contributed by atoms with Crippen molar-refractivity contribution in [2.45, 2.75) is 63.2 Å². The van der Waals surface area contributed by atoms with E-state index in [0.29, 0.717) is 32.2 Å². The second-order valence-electron chi connectivity index (χ2n) is 7.96. The van der Waals surface area contributed by atoms with E-state index in [1.807, 2.05) is 16.8 Å². The molecular weight excluding hydrogens is 403 g/mol. The number of halogens is 2. The third-order valence-electron chi connectivity index (χ3n) is 6.20. The smallest absolute Gasteiger partial charge is 0.251 e. The van der Waals surface area contributed by atoms with Crippen LogP contribution in [0.25, 0.3) is 0 Å². The lowest BCUT2D eigenvalue weighted by molar-refractivity contribution is -0.145. The molecule has 2 heterocycles. The fourth-order valence-corrected chi connectivity index (χ4v) is 4.37. The first-order valence-corrected chi connectivity index (χ1v) is 10.2. The molecule has 3 fully saturated rings. The van der Waals surface area contributed by atoms with E-state index in [1.165, 1.54) is 19.3 Å². The van der Waals surface area contributed by atoms with Crippen molar-refractivity contribution in [3.63, 3.8) is 0 Å². The fourth-order valence-electron chi connectivity index (χ4n) is 4.37. The van der Waals surface area contributed by atoms with E-state index >= 15 is 0 Å². The van der Waals surface area contributed by atoms with Crippen LogP contribution in [0.4, 0.5) is 0 Å². The highest BCUT2D eigenvalue weighted by Crippen LogP contribution is 2.23. The number of carbonyl (C=O) groups is 2. The molecule has 2 N–H and O–H groups in total. The molecule has 9 heteroatoms. The molecule has 7 nitrogen and oxygen atoms in total. The number of nitrogens with zero attached hydrogens (tertiary/aromatic N) is 3. The van der Waals surface area contributed by atoms with Gasteiger partial charge >= 0.3 is 0 Å². The van der Waals surface area contributed by atoms with Crippen LogP contribution in [0, 0.1) is 0 Å². The number of nitrogens with two attached hydrogens (primary N) is 1. The highest BCUT2D eigenvalue weighted by Gasteiger charge is 2.34. The van der Waals surface area contributed by atoms with Gasteiger partial charge in [0.15, 0.2) is 0 Å². The summed E-state index contributed by atoms with van der Waals surface area (Å²) in [6.07, 6.45) is 7.37. The Kier molecular flexibility index (Phi) is 11.1. The van der Waals surface area contributed by atoms with Gasteiger partial charge < -0.3 is 20.3 Å². The predicted molar refractivity (Wildman–Crippen MR) is 114 cm³/mol. The first-order valence-electron chi connectivity index (χ1n) is 10.2. The minimum atomic E-state index is -0.325. The molecule has 0 spiro atoms. The number of likely N-dealkylation sites (N-methyl/N-ethyl adjacent to an activating group) is 1. The largest absolute Gasteiger partial charge is 0.364 e. The summed E-state index contributed by atoms with van der Waals surface area (Å²) in [6, 6.07) is 0.411. The number of ether oxygens (including phenoxy) is 1. The Balaban J connectivity index is 0.00000196. The molecule has 3 rings (SSSR count). The van der Waals surface area contributed by atoms with Gasteiger partial charge in [-0.15, -0.1) is 24.8 Å². The molecule has 0 aromatic rings. The quantitative estimate of drug-likeness (QED) is 0.698. The molecule has 0 unspecified atom stereocenters. The van der Waals surface area contributed by atoms with Crippen LogP contribution < -0.4 is 5.73 Å². The van der Waals surface area contributed by atoms with Gasteiger partial charge in [0, 0.05) is 45.8 Å². The Labute approximate surface area is 181 Å². The Morgan fingerprint density at radius 3 is 2.21 bits per heavy atom. The molecule has 2 aliphatic heterocycles. The average Bonchev–Trinajstić information content (AvgIpc) is 3.17. The summed E-state index contributed by atoms with van der Waals surface area (Å²) in [5, 5.41) is 0. The van der Waals surface area contributed by atoms with Crippen molar-refractivity contribution in [2.24, 2.45) is 5.73 Å². The first-order chi connectivity index (χ1) is 12.6. The Bertz CT molecular complexity index is 498. The van der Waals surface area contributed by atoms with Gasteiger partial charge in [-0.25, -0.2) is 0 Å². The van der Waals surface area contributed by atoms with Crippen LogP contribution >= 0.6 is 24.8 Å². The molecule has 3 aliphatic rings. The monoisotopic (exact) mass is 438 g/mol. The number of carbonyl (C=O) groups excluding carboxylic acids is 2. The Hall–Kier alpha value is -0.600. The molecule has 2 saturated heterocycles. The van der Waals surface area contributed by atoms with E-state index in [2.05, 4.69) is 4.90 Å². The minimum Gasteiger partial charge on any atom is -0.364 e. The predicted octanol–water partition coefficient (Wildman–Crippen LogP) is 1.27. The van der Waals surface area contributed by atoms with Crippen molar-refractivity contribution >= 4 is 36.6 Å². The zero-order chi connectivity index (χ0) is 18.5. The van der Waals surface area contributed by atoms with E-state index in [-0.39, 0.29) is 48.8 Å². The normalized spacial score (nSPS) is 26.3. The molecule has 0 radical (unpaired) electrons. The van der Waals surface area contributed by atoms with Crippen molar-refractivity contribution in [3.05, 3.63) is 0 Å². The summed E-state index contributed by atoms with van der Waals surface area (Å²) in [7, 11) is 1.95. The first kappa shape index (κ1) is 25.4. The third-order valence-corrected chi connectivity index (χ3v) is 6.20. The highest BCUT2D eigenvalue weighted by molar-refractivity contribution is 5.85. The number of rotatable bonds is 5. The summed E-state index contributed by atoms with van der Waals surface area (Å²) in [4.78, 5) is 31.2. The van der Waals surface area contributed by atoms with Gasteiger partial charge in [-0.1, -0.05) is 19.3 Å². The van der Waals surface area contributed by atoms with Crippen LogP contribution in [0.15, 0.2) is 0 Å². The van der Waals surface area contributed by atoms with Crippen LogP contribution in [0.2, 0.25) is 0 Å². The zero-order valence-electron chi connectivity index (χ0n) is 16.9. The number of amides is 2. The van der Waals surface area contributed by atoms with Gasteiger partial charge in [0.05, 0.1) is 12.6 Å². The molecule has 164 valence electrons. The highest BCUT2D eigenvalue weighted by atomic mass is 35.5. The van der Waals surface area contributed by atoms with Crippen molar-refractivity contribution in [3.8, 4) is 0 Å². The van der Waals surface area contributed by atoms with Crippen molar-refractivity contribution in [2.75, 3.05) is 46.3 Å². The summed E-state index contributed by atoms with van der Waals surface area (Å²) < 4.78 is 5.73. The molecule has 0 aromatic heterocycles. The number of piperazine rings is 1. The Morgan fingerprint density at radius 2 is 1.64 bits per heavy atom. The van der Waals surface area contributed by atoms with Crippen LogP contribution in [-0.4, -0.2) is 91.1 Å². The molecule has 28 heavy (non-hydrogen) atoms. The average molecular weight is 439 g/mol.